The first-order valence-corrected chi connectivity index (χ1v) is 14.6. The van der Waals surface area contributed by atoms with Crippen molar-refractivity contribution in [3.63, 3.8) is 0 Å². The van der Waals surface area contributed by atoms with Crippen LogP contribution in [0.15, 0.2) is 12.2 Å². The molecule has 3 nitrogen and oxygen atoms in total. The Hall–Kier alpha value is -0.163. The van der Waals surface area contributed by atoms with Gasteiger partial charge in [0.1, 0.15) is 6.10 Å². The van der Waals surface area contributed by atoms with Gasteiger partial charge in [0, 0.05) is 6.61 Å². The highest BCUT2D eigenvalue weighted by Gasteiger charge is 2.36. The van der Waals surface area contributed by atoms with Gasteiger partial charge >= 0.3 is 0 Å². The van der Waals surface area contributed by atoms with E-state index in [1.807, 2.05) is 13.8 Å². The first-order valence-electron chi connectivity index (χ1n) is 11.7. The van der Waals surface area contributed by atoms with Gasteiger partial charge < -0.3 is 13.9 Å². The molecule has 1 atom stereocenters. The normalized spacial score (nSPS) is 20.3. The van der Waals surface area contributed by atoms with Crippen molar-refractivity contribution >= 4 is 8.32 Å². The fourth-order valence-electron chi connectivity index (χ4n) is 3.20. The highest BCUT2D eigenvalue weighted by atomic mass is 28.4. The van der Waals surface area contributed by atoms with Crippen LogP contribution in [-0.4, -0.2) is 33.4 Å². The average molecular weight is 413 g/mol. The molecule has 0 bridgehead atoms. The molecule has 0 aromatic rings. The van der Waals surface area contributed by atoms with E-state index in [1.165, 1.54) is 57.8 Å². The second-order valence-electron chi connectivity index (χ2n) is 10.4. The van der Waals surface area contributed by atoms with E-state index in [4.69, 9.17) is 13.9 Å². The summed E-state index contributed by atoms with van der Waals surface area (Å²) in [5, 5.41) is 0.332. The lowest BCUT2D eigenvalue weighted by atomic mass is 10.1. The zero-order chi connectivity index (χ0) is 21.1. The molecule has 28 heavy (non-hydrogen) atoms. The molecule has 1 aliphatic heterocycles. The third-order valence-corrected chi connectivity index (χ3v) is 10.7. The van der Waals surface area contributed by atoms with Crippen LogP contribution in [0.4, 0.5) is 0 Å². The molecule has 0 aliphatic carbocycles. The quantitative estimate of drug-likeness (QED) is 0.167. The van der Waals surface area contributed by atoms with Crippen LogP contribution >= 0.6 is 0 Å². The van der Waals surface area contributed by atoms with Crippen LogP contribution in [0.1, 0.15) is 98.8 Å². The number of rotatable bonds is 14. The van der Waals surface area contributed by atoms with Gasteiger partial charge in [-0.1, -0.05) is 77.9 Å². The maximum absolute atomic E-state index is 6.25. The molecule has 0 unspecified atom stereocenters. The van der Waals surface area contributed by atoms with Gasteiger partial charge in [0.15, 0.2) is 14.1 Å². The summed E-state index contributed by atoms with van der Waals surface area (Å²) in [4.78, 5) is 0. The van der Waals surface area contributed by atoms with Crippen molar-refractivity contribution in [3.05, 3.63) is 12.2 Å². The van der Waals surface area contributed by atoms with Crippen molar-refractivity contribution < 1.29 is 13.9 Å². The molecule has 1 heterocycles. The van der Waals surface area contributed by atoms with Gasteiger partial charge in [0.05, 0.1) is 6.61 Å². The van der Waals surface area contributed by atoms with E-state index in [0.29, 0.717) is 11.6 Å². The van der Waals surface area contributed by atoms with Crippen LogP contribution in [0.5, 0.6) is 0 Å². The zero-order valence-corrected chi connectivity index (χ0v) is 20.9. The summed E-state index contributed by atoms with van der Waals surface area (Å²) < 4.78 is 17.6. The van der Waals surface area contributed by atoms with Gasteiger partial charge in [0.25, 0.3) is 0 Å². The summed E-state index contributed by atoms with van der Waals surface area (Å²) in [6.45, 7) is 17.2. The second-order valence-corrected chi connectivity index (χ2v) is 15.2. The third kappa shape index (κ3) is 11.1. The molecular weight excluding hydrogens is 364 g/mol. The topological polar surface area (TPSA) is 27.7 Å². The van der Waals surface area contributed by atoms with Crippen LogP contribution in [-0.2, 0) is 13.9 Å². The number of hydrogen-bond acceptors (Lipinski definition) is 3. The molecular formula is C24H48O3Si. The summed E-state index contributed by atoms with van der Waals surface area (Å²) in [5.74, 6) is -0.410. The van der Waals surface area contributed by atoms with Crippen molar-refractivity contribution in [1.29, 1.82) is 0 Å². The van der Waals surface area contributed by atoms with Crippen molar-refractivity contribution in [2.24, 2.45) is 0 Å². The molecule has 1 rings (SSSR count). The monoisotopic (exact) mass is 412 g/mol. The molecule has 1 saturated heterocycles. The summed E-state index contributed by atoms with van der Waals surface area (Å²) in [6.07, 6.45) is 17.8. The lowest BCUT2D eigenvalue weighted by Gasteiger charge is -2.36. The van der Waals surface area contributed by atoms with Gasteiger partial charge in [-0.2, -0.15) is 0 Å². The molecule has 0 spiro atoms. The van der Waals surface area contributed by atoms with E-state index in [9.17, 15) is 0 Å². The Morgan fingerprint density at radius 3 is 1.96 bits per heavy atom. The van der Waals surface area contributed by atoms with Crippen LogP contribution in [0.25, 0.3) is 0 Å². The molecule has 0 aromatic carbocycles. The highest BCUT2D eigenvalue weighted by molar-refractivity contribution is 6.74. The number of hydrogen-bond donors (Lipinski definition) is 0. The predicted octanol–water partition coefficient (Wildman–Crippen LogP) is 7.62. The van der Waals surface area contributed by atoms with E-state index in [0.717, 1.165) is 13.0 Å². The van der Waals surface area contributed by atoms with Crippen LogP contribution in [0.3, 0.4) is 0 Å². The molecule has 4 heteroatoms. The average Bonchev–Trinajstić information content (AvgIpc) is 2.93. The number of allylic oxidation sites excluding steroid dienone is 1. The molecule has 0 radical (unpaired) electrons. The minimum Gasteiger partial charge on any atom is -0.417 e. The standard InChI is InChI=1S/C24H48O3Si/c1-23(2,3)28(6,7)26-20-18-16-14-12-10-8-9-11-13-15-17-19-22-21-25-24(4,5)27-22/h17,19,22H,8-16,18,20-21H2,1-7H3/b19-17-/t22-/m1/s1. The molecule has 0 saturated carbocycles. The first kappa shape index (κ1) is 25.9. The minimum atomic E-state index is -1.54. The largest absolute Gasteiger partial charge is 0.417 e. The van der Waals surface area contributed by atoms with E-state index >= 15 is 0 Å². The van der Waals surface area contributed by atoms with E-state index in [-0.39, 0.29) is 6.10 Å². The minimum absolute atomic E-state index is 0.141. The van der Waals surface area contributed by atoms with Crippen molar-refractivity contribution in [3.8, 4) is 0 Å². The Labute approximate surface area is 176 Å². The van der Waals surface area contributed by atoms with Gasteiger partial charge in [-0.25, -0.2) is 0 Å². The summed E-state index contributed by atoms with van der Waals surface area (Å²) in [6, 6.07) is 0. The molecule has 0 amide bonds. The Morgan fingerprint density at radius 2 is 1.46 bits per heavy atom. The van der Waals surface area contributed by atoms with Crippen molar-refractivity contribution in [1.82, 2.24) is 0 Å². The summed E-state index contributed by atoms with van der Waals surface area (Å²) in [7, 11) is -1.54. The van der Waals surface area contributed by atoms with E-state index in [2.05, 4.69) is 46.0 Å². The Balaban J connectivity index is 1.85. The fraction of sp³-hybridized carbons (Fsp3) is 0.917. The first-order chi connectivity index (χ1) is 13.0. The van der Waals surface area contributed by atoms with Crippen LogP contribution in [0.2, 0.25) is 18.1 Å². The number of unbranched alkanes of at least 4 members (excludes halogenated alkanes) is 9. The Kier molecular flexibility index (Phi) is 11.6. The van der Waals surface area contributed by atoms with Crippen molar-refractivity contribution in [2.75, 3.05) is 13.2 Å². The van der Waals surface area contributed by atoms with E-state index < -0.39 is 14.1 Å². The van der Waals surface area contributed by atoms with E-state index in [1.54, 1.807) is 0 Å². The second kappa shape index (κ2) is 12.5. The fourth-order valence-corrected chi connectivity index (χ4v) is 4.29. The number of ether oxygens (including phenoxy) is 2. The third-order valence-electron chi connectivity index (χ3n) is 6.17. The summed E-state index contributed by atoms with van der Waals surface area (Å²) in [5.41, 5.74) is 0. The molecule has 1 fully saturated rings. The predicted molar refractivity (Wildman–Crippen MR) is 123 cm³/mol. The van der Waals surface area contributed by atoms with Crippen LogP contribution < -0.4 is 0 Å². The lowest BCUT2D eigenvalue weighted by molar-refractivity contribution is -0.133. The Morgan fingerprint density at radius 1 is 0.929 bits per heavy atom. The van der Waals surface area contributed by atoms with Gasteiger partial charge in [-0.15, -0.1) is 0 Å². The maximum Gasteiger partial charge on any atom is 0.191 e. The van der Waals surface area contributed by atoms with Gasteiger partial charge in [-0.05, 0) is 51.2 Å². The SMILES string of the molecule is CC1(C)OC[C@@H](/C=C\CCCCCCCCCCCO[Si](C)(C)C(C)(C)C)O1. The molecule has 166 valence electrons. The smallest absolute Gasteiger partial charge is 0.191 e. The molecule has 0 N–H and O–H groups in total. The molecule has 0 aromatic heterocycles. The maximum atomic E-state index is 6.25. The Bertz CT molecular complexity index is 438. The van der Waals surface area contributed by atoms with Crippen LogP contribution in [0, 0.1) is 0 Å². The van der Waals surface area contributed by atoms with Gasteiger partial charge in [0.2, 0.25) is 0 Å². The molecule has 1 aliphatic rings. The van der Waals surface area contributed by atoms with Crippen molar-refractivity contribution in [2.45, 2.75) is 129 Å². The highest BCUT2D eigenvalue weighted by Crippen LogP contribution is 2.36. The zero-order valence-electron chi connectivity index (χ0n) is 19.9. The lowest BCUT2D eigenvalue weighted by Crippen LogP contribution is -2.40. The van der Waals surface area contributed by atoms with Gasteiger partial charge in [-0.3, -0.25) is 0 Å². The summed E-state index contributed by atoms with van der Waals surface area (Å²) >= 11 is 0.